The molecule has 6 heteroatoms. The number of nitrogens with zero attached hydrogens (tertiary/aromatic N) is 2. The van der Waals surface area contributed by atoms with Crippen LogP contribution >= 0.6 is 22.9 Å². The number of hydrogen-bond donors (Lipinski definition) is 0. The Labute approximate surface area is 169 Å². The summed E-state index contributed by atoms with van der Waals surface area (Å²) in [4.78, 5) is 18.8. The van der Waals surface area contributed by atoms with E-state index >= 15 is 0 Å². The average molecular weight is 407 g/mol. The molecule has 3 heterocycles. The fourth-order valence-corrected chi connectivity index (χ4v) is 4.46. The first-order valence-electron chi connectivity index (χ1n) is 8.79. The summed E-state index contributed by atoms with van der Waals surface area (Å²) in [5.74, 6) is 0.578. The molecule has 4 nitrogen and oxygen atoms in total. The summed E-state index contributed by atoms with van der Waals surface area (Å²) in [6.07, 6.45) is 1.96. The van der Waals surface area contributed by atoms with E-state index < -0.39 is 0 Å². The summed E-state index contributed by atoms with van der Waals surface area (Å²) in [6.45, 7) is 3.71. The molecule has 138 valence electrons. The molecule has 0 fully saturated rings. The second kappa shape index (κ2) is 6.33. The van der Waals surface area contributed by atoms with Crippen LogP contribution in [0.2, 0.25) is 5.02 Å². The van der Waals surface area contributed by atoms with Crippen molar-refractivity contribution in [3.8, 4) is 22.5 Å². The molecule has 0 saturated heterocycles. The number of halogens is 1. The molecule has 0 aliphatic heterocycles. The van der Waals surface area contributed by atoms with Crippen molar-refractivity contribution in [2.75, 3.05) is 0 Å². The Morgan fingerprint density at radius 1 is 1.14 bits per heavy atom. The molecular weight excluding hydrogens is 392 g/mol. The topological polar surface area (TPSA) is 47.5 Å². The van der Waals surface area contributed by atoms with Gasteiger partial charge in [0.25, 0.3) is 0 Å². The van der Waals surface area contributed by atoms with Crippen molar-refractivity contribution in [2.24, 2.45) is 0 Å². The van der Waals surface area contributed by atoms with Gasteiger partial charge in [0.2, 0.25) is 5.43 Å². The molecule has 0 bridgehead atoms. The quantitative estimate of drug-likeness (QED) is 0.355. The molecule has 0 radical (unpaired) electrons. The van der Waals surface area contributed by atoms with Gasteiger partial charge in [0, 0.05) is 22.2 Å². The van der Waals surface area contributed by atoms with Crippen LogP contribution in [-0.2, 0) is 0 Å². The van der Waals surface area contributed by atoms with Crippen LogP contribution in [0.4, 0.5) is 0 Å². The summed E-state index contributed by atoms with van der Waals surface area (Å²) in [7, 11) is 0. The average Bonchev–Trinajstić information content (AvgIpc) is 3.26. The molecule has 5 rings (SSSR count). The molecule has 0 saturated carbocycles. The number of aryl methyl sites for hydroxylation is 2. The van der Waals surface area contributed by atoms with E-state index in [-0.39, 0.29) is 5.43 Å². The Bertz CT molecular complexity index is 1410. The van der Waals surface area contributed by atoms with Gasteiger partial charge in [-0.2, -0.15) is 0 Å². The van der Waals surface area contributed by atoms with E-state index in [1.807, 2.05) is 66.2 Å². The SMILES string of the molecule is Cc1cc2oc(C)c(-c3csc4nc(-c5ccccc5)cn34)c(=O)c2cc1Cl. The monoisotopic (exact) mass is 406 g/mol. The van der Waals surface area contributed by atoms with Crippen molar-refractivity contribution in [3.05, 3.63) is 80.6 Å². The van der Waals surface area contributed by atoms with Gasteiger partial charge in [-0.3, -0.25) is 9.20 Å². The standard InChI is InChI=1S/C22H15ClN2O2S/c1-12-8-19-15(9-16(12)23)21(26)20(13(2)27-19)18-11-28-22-24-17(10-25(18)22)14-6-4-3-5-7-14/h3-11H,1-2H3. The molecular formula is C22H15ClN2O2S. The minimum atomic E-state index is -0.0877. The second-order valence-corrected chi connectivity index (χ2v) is 7.97. The van der Waals surface area contributed by atoms with E-state index in [0.29, 0.717) is 27.3 Å². The first kappa shape index (κ1) is 17.2. The predicted octanol–water partition coefficient (Wildman–Crippen LogP) is 6.11. The third kappa shape index (κ3) is 2.58. The van der Waals surface area contributed by atoms with Crippen LogP contribution in [0.1, 0.15) is 11.3 Å². The van der Waals surface area contributed by atoms with E-state index in [9.17, 15) is 4.79 Å². The van der Waals surface area contributed by atoms with Gasteiger partial charge in [0.1, 0.15) is 11.3 Å². The Hall–Kier alpha value is -2.89. The second-order valence-electron chi connectivity index (χ2n) is 6.73. The first-order valence-corrected chi connectivity index (χ1v) is 10.0. The molecule has 2 aromatic carbocycles. The molecule has 0 N–H and O–H groups in total. The number of benzene rings is 2. The first-order chi connectivity index (χ1) is 13.5. The zero-order chi connectivity index (χ0) is 19.4. The van der Waals surface area contributed by atoms with Gasteiger partial charge in [0.15, 0.2) is 4.96 Å². The van der Waals surface area contributed by atoms with Gasteiger partial charge in [-0.15, -0.1) is 11.3 Å². The van der Waals surface area contributed by atoms with Crippen LogP contribution in [0.5, 0.6) is 0 Å². The van der Waals surface area contributed by atoms with Gasteiger partial charge >= 0.3 is 0 Å². The van der Waals surface area contributed by atoms with E-state index in [4.69, 9.17) is 21.0 Å². The van der Waals surface area contributed by atoms with Crippen molar-refractivity contribution < 1.29 is 4.42 Å². The summed E-state index contributed by atoms with van der Waals surface area (Å²) in [5, 5.41) is 2.98. The number of thiazole rings is 1. The molecule has 0 atom stereocenters. The van der Waals surface area contributed by atoms with Crippen LogP contribution in [0.15, 0.2) is 63.3 Å². The van der Waals surface area contributed by atoms with E-state index in [0.717, 1.165) is 27.5 Å². The maximum atomic E-state index is 13.3. The van der Waals surface area contributed by atoms with Crippen molar-refractivity contribution >= 4 is 38.9 Å². The molecule has 0 amide bonds. The lowest BCUT2D eigenvalue weighted by atomic mass is 10.1. The lowest BCUT2D eigenvalue weighted by Gasteiger charge is -2.07. The lowest BCUT2D eigenvalue weighted by molar-refractivity contribution is 0.566. The van der Waals surface area contributed by atoms with Crippen LogP contribution in [0, 0.1) is 13.8 Å². The van der Waals surface area contributed by atoms with Gasteiger partial charge < -0.3 is 4.42 Å². The lowest BCUT2D eigenvalue weighted by Crippen LogP contribution is -2.08. The van der Waals surface area contributed by atoms with Crippen molar-refractivity contribution in [2.45, 2.75) is 13.8 Å². The van der Waals surface area contributed by atoms with Crippen molar-refractivity contribution in [3.63, 3.8) is 0 Å². The Kier molecular flexibility index (Phi) is 3.89. The van der Waals surface area contributed by atoms with Crippen LogP contribution < -0.4 is 5.43 Å². The predicted molar refractivity (Wildman–Crippen MR) is 114 cm³/mol. The number of rotatable bonds is 2. The molecule has 0 spiro atoms. The van der Waals surface area contributed by atoms with Crippen LogP contribution in [0.25, 0.3) is 38.4 Å². The van der Waals surface area contributed by atoms with Gasteiger partial charge in [0.05, 0.1) is 22.3 Å². The molecule has 5 aromatic rings. The highest BCUT2D eigenvalue weighted by Gasteiger charge is 2.19. The normalized spacial score (nSPS) is 11.5. The minimum Gasteiger partial charge on any atom is -0.460 e. The van der Waals surface area contributed by atoms with Gasteiger partial charge in [-0.25, -0.2) is 4.98 Å². The number of imidazole rings is 1. The molecule has 0 aliphatic carbocycles. The number of fused-ring (bicyclic) bond motifs is 2. The van der Waals surface area contributed by atoms with Gasteiger partial charge in [-0.05, 0) is 31.5 Å². The third-order valence-electron chi connectivity index (χ3n) is 4.88. The molecule has 0 unspecified atom stereocenters. The Balaban J connectivity index is 1.76. The zero-order valence-electron chi connectivity index (χ0n) is 15.2. The maximum Gasteiger partial charge on any atom is 0.202 e. The Morgan fingerprint density at radius 2 is 1.93 bits per heavy atom. The molecule has 28 heavy (non-hydrogen) atoms. The largest absolute Gasteiger partial charge is 0.460 e. The van der Waals surface area contributed by atoms with Crippen LogP contribution in [0.3, 0.4) is 0 Å². The molecule has 0 aliphatic rings. The smallest absolute Gasteiger partial charge is 0.202 e. The highest BCUT2D eigenvalue weighted by Crippen LogP contribution is 2.31. The fourth-order valence-electron chi connectivity index (χ4n) is 3.44. The van der Waals surface area contributed by atoms with Crippen molar-refractivity contribution in [1.82, 2.24) is 9.38 Å². The summed E-state index contributed by atoms with van der Waals surface area (Å²) in [5.41, 5.74) is 4.56. The van der Waals surface area contributed by atoms with Crippen molar-refractivity contribution in [1.29, 1.82) is 0 Å². The molecule has 3 aromatic heterocycles. The number of hydrogen-bond acceptors (Lipinski definition) is 4. The highest BCUT2D eigenvalue weighted by molar-refractivity contribution is 7.15. The Morgan fingerprint density at radius 3 is 2.71 bits per heavy atom. The summed E-state index contributed by atoms with van der Waals surface area (Å²) >= 11 is 7.75. The number of aromatic nitrogens is 2. The highest BCUT2D eigenvalue weighted by atomic mass is 35.5. The summed E-state index contributed by atoms with van der Waals surface area (Å²) < 4.78 is 7.94. The third-order valence-corrected chi connectivity index (χ3v) is 6.13. The minimum absolute atomic E-state index is 0.0877. The van der Waals surface area contributed by atoms with E-state index in [1.165, 1.54) is 11.3 Å². The fraction of sp³-hybridized carbons (Fsp3) is 0.0909. The van der Waals surface area contributed by atoms with E-state index in [1.54, 1.807) is 6.07 Å². The van der Waals surface area contributed by atoms with Gasteiger partial charge in [-0.1, -0.05) is 41.9 Å². The summed E-state index contributed by atoms with van der Waals surface area (Å²) in [6, 6.07) is 13.5. The maximum absolute atomic E-state index is 13.3. The van der Waals surface area contributed by atoms with E-state index in [2.05, 4.69) is 0 Å². The van der Waals surface area contributed by atoms with Crippen LogP contribution in [-0.4, -0.2) is 9.38 Å². The zero-order valence-corrected chi connectivity index (χ0v) is 16.8.